The van der Waals surface area contributed by atoms with Crippen LogP contribution < -0.4 is 5.43 Å². The Hall–Kier alpha value is -1.05. The average Bonchev–Trinajstić information content (AvgIpc) is 2.20. The number of nitrogens with zero attached hydrogens (tertiary/aromatic N) is 1. The first-order chi connectivity index (χ1) is 6.65. The Kier molecular flexibility index (Phi) is 5.93. The normalized spacial score (nSPS) is 9.57. The van der Waals surface area contributed by atoms with Gasteiger partial charge in [-0.2, -0.15) is 0 Å². The van der Waals surface area contributed by atoms with Crippen LogP contribution in [0.1, 0.15) is 46.4 Å². The smallest absolute Gasteiger partial charge is 0.181 e. The highest BCUT2D eigenvalue weighted by Crippen LogP contribution is 2.07. The molecule has 0 aliphatic heterocycles. The van der Waals surface area contributed by atoms with Gasteiger partial charge in [-0.15, -0.1) is 0 Å². The van der Waals surface area contributed by atoms with E-state index in [9.17, 15) is 4.79 Å². The highest BCUT2D eigenvalue weighted by molar-refractivity contribution is 5.07. The molecule has 0 saturated heterocycles. The van der Waals surface area contributed by atoms with Crippen LogP contribution in [-0.4, -0.2) is 4.57 Å². The van der Waals surface area contributed by atoms with Gasteiger partial charge < -0.3 is 4.57 Å². The standard InChI is InChI=1S/C10H15NO.C2H6/c1-4-9-7-10(12)5-6-11(9)8(2)3;1-2/h5-8H,4H2,1-3H3;1-2H3. The topological polar surface area (TPSA) is 22.0 Å². The second-order valence-corrected chi connectivity index (χ2v) is 3.21. The summed E-state index contributed by atoms with van der Waals surface area (Å²) in [5.41, 5.74) is 1.21. The summed E-state index contributed by atoms with van der Waals surface area (Å²) in [5.74, 6) is 0. The maximum absolute atomic E-state index is 11.0. The van der Waals surface area contributed by atoms with Gasteiger partial charge in [0.1, 0.15) is 0 Å². The average molecular weight is 195 g/mol. The van der Waals surface area contributed by atoms with Crippen LogP contribution in [0.3, 0.4) is 0 Å². The van der Waals surface area contributed by atoms with Crippen molar-refractivity contribution in [2.45, 2.75) is 47.1 Å². The van der Waals surface area contributed by atoms with E-state index in [4.69, 9.17) is 0 Å². The van der Waals surface area contributed by atoms with Gasteiger partial charge in [0.15, 0.2) is 5.43 Å². The summed E-state index contributed by atoms with van der Waals surface area (Å²) in [6.45, 7) is 10.3. The van der Waals surface area contributed by atoms with Gasteiger partial charge >= 0.3 is 0 Å². The predicted octanol–water partition coefficient (Wildman–Crippen LogP) is 3.02. The molecule has 80 valence electrons. The maximum atomic E-state index is 11.0. The minimum atomic E-state index is 0.101. The lowest BCUT2D eigenvalue weighted by molar-refractivity contribution is 0.569. The highest BCUT2D eigenvalue weighted by Gasteiger charge is 2.01. The second kappa shape index (κ2) is 6.41. The van der Waals surface area contributed by atoms with Crippen molar-refractivity contribution in [3.8, 4) is 0 Å². The van der Waals surface area contributed by atoms with Gasteiger partial charge in [-0.05, 0) is 20.3 Å². The van der Waals surface area contributed by atoms with Gasteiger partial charge in [0.25, 0.3) is 0 Å². The highest BCUT2D eigenvalue weighted by atomic mass is 16.1. The summed E-state index contributed by atoms with van der Waals surface area (Å²) in [4.78, 5) is 11.0. The lowest BCUT2D eigenvalue weighted by Gasteiger charge is -2.15. The van der Waals surface area contributed by atoms with Crippen LogP contribution in [0, 0.1) is 0 Å². The van der Waals surface area contributed by atoms with Crippen LogP contribution in [0.5, 0.6) is 0 Å². The number of hydrogen-bond donors (Lipinski definition) is 0. The molecule has 0 aliphatic carbocycles. The number of aryl methyl sites for hydroxylation is 1. The number of rotatable bonds is 2. The molecule has 0 spiro atoms. The SMILES string of the molecule is CC.CCc1cc(=O)ccn1C(C)C. The van der Waals surface area contributed by atoms with E-state index in [1.165, 1.54) is 0 Å². The summed E-state index contributed by atoms with van der Waals surface area (Å²) in [6, 6.07) is 3.75. The quantitative estimate of drug-likeness (QED) is 0.711. The maximum Gasteiger partial charge on any atom is 0.181 e. The Labute approximate surface area is 86.6 Å². The molecule has 2 nitrogen and oxygen atoms in total. The second-order valence-electron chi connectivity index (χ2n) is 3.21. The third-order valence-corrected chi connectivity index (χ3v) is 1.96. The van der Waals surface area contributed by atoms with Gasteiger partial charge in [0.05, 0.1) is 0 Å². The molecule has 0 atom stereocenters. The number of pyridine rings is 1. The zero-order chi connectivity index (χ0) is 11.1. The molecule has 0 saturated carbocycles. The van der Waals surface area contributed by atoms with Crippen molar-refractivity contribution in [3.05, 3.63) is 34.2 Å². The van der Waals surface area contributed by atoms with E-state index in [0.717, 1.165) is 12.1 Å². The Bertz CT molecular complexity index is 312. The van der Waals surface area contributed by atoms with Gasteiger partial charge in [0.2, 0.25) is 0 Å². The van der Waals surface area contributed by atoms with Gasteiger partial charge in [-0.1, -0.05) is 20.8 Å². The summed E-state index contributed by atoms with van der Waals surface area (Å²) < 4.78 is 2.13. The molecule has 14 heavy (non-hydrogen) atoms. The van der Waals surface area contributed by atoms with Gasteiger partial charge in [-0.25, -0.2) is 0 Å². The molecule has 0 aliphatic rings. The molecule has 1 heterocycles. The fourth-order valence-electron chi connectivity index (χ4n) is 1.32. The largest absolute Gasteiger partial charge is 0.349 e. The van der Waals surface area contributed by atoms with E-state index in [1.807, 2.05) is 20.0 Å². The van der Waals surface area contributed by atoms with Gasteiger partial charge in [-0.3, -0.25) is 4.79 Å². The van der Waals surface area contributed by atoms with Crippen molar-refractivity contribution in [3.63, 3.8) is 0 Å². The Morgan fingerprint density at radius 1 is 1.36 bits per heavy atom. The number of aromatic nitrogens is 1. The fraction of sp³-hybridized carbons (Fsp3) is 0.583. The van der Waals surface area contributed by atoms with Crippen molar-refractivity contribution in [1.82, 2.24) is 4.57 Å². The Morgan fingerprint density at radius 2 is 1.93 bits per heavy atom. The molecular formula is C12H21NO. The molecular weight excluding hydrogens is 174 g/mol. The molecule has 1 aromatic rings. The first kappa shape index (κ1) is 12.9. The van der Waals surface area contributed by atoms with Crippen molar-refractivity contribution in [2.24, 2.45) is 0 Å². The zero-order valence-corrected chi connectivity index (χ0v) is 9.87. The van der Waals surface area contributed by atoms with Crippen molar-refractivity contribution in [1.29, 1.82) is 0 Å². The van der Waals surface area contributed by atoms with Crippen molar-refractivity contribution in [2.75, 3.05) is 0 Å². The molecule has 0 fully saturated rings. The molecule has 0 bridgehead atoms. The molecule has 1 aromatic heterocycles. The lowest BCUT2D eigenvalue weighted by Crippen LogP contribution is -2.12. The summed E-state index contributed by atoms with van der Waals surface area (Å²) >= 11 is 0. The van der Waals surface area contributed by atoms with Crippen LogP contribution in [0.25, 0.3) is 0 Å². The first-order valence-corrected chi connectivity index (χ1v) is 5.36. The fourth-order valence-corrected chi connectivity index (χ4v) is 1.32. The Balaban J connectivity index is 0.000000791. The van der Waals surface area contributed by atoms with E-state index in [-0.39, 0.29) is 5.43 Å². The molecule has 2 heteroatoms. The third kappa shape index (κ3) is 3.36. The van der Waals surface area contributed by atoms with E-state index < -0.39 is 0 Å². The summed E-state index contributed by atoms with van der Waals surface area (Å²) in [7, 11) is 0. The predicted molar refractivity (Wildman–Crippen MR) is 61.8 cm³/mol. The number of hydrogen-bond acceptors (Lipinski definition) is 1. The minimum Gasteiger partial charge on any atom is -0.349 e. The van der Waals surface area contributed by atoms with Crippen molar-refractivity contribution >= 4 is 0 Å². The van der Waals surface area contributed by atoms with Crippen molar-refractivity contribution < 1.29 is 0 Å². The molecule has 0 N–H and O–H groups in total. The van der Waals surface area contributed by atoms with E-state index in [0.29, 0.717) is 6.04 Å². The first-order valence-electron chi connectivity index (χ1n) is 5.36. The lowest BCUT2D eigenvalue weighted by atomic mass is 10.2. The van der Waals surface area contributed by atoms with E-state index >= 15 is 0 Å². The molecule has 0 amide bonds. The summed E-state index contributed by atoms with van der Waals surface area (Å²) in [5, 5.41) is 0. The van der Waals surface area contributed by atoms with E-state index in [2.05, 4.69) is 25.3 Å². The van der Waals surface area contributed by atoms with Crippen LogP contribution in [0.4, 0.5) is 0 Å². The molecule has 0 aromatic carbocycles. The van der Waals surface area contributed by atoms with E-state index in [1.54, 1.807) is 12.1 Å². The van der Waals surface area contributed by atoms with Crippen LogP contribution >= 0.6 is 0 Å². The molecule has 1 rings (SSSR count). The van der Waals surface area contributed by atoms with Crippen LogP contribution in [0.15, 0.2) is 23.1 Å². The zero-order valence-electron chi connectivity index (χ0n) is 9.87. The monoisotopic (exact) mass is 195 g/mol. The third-order valence-electron chi connectivity index (χ3n) is 1.96. The summed E-state index contributed by atoms with van der Waals surface area (Å²) in [6.07, 6.45) is 2.78. The molecule has 0 unspecified atom stereocenters. The van der Waals surface area contributed by atoms with Crippen LogP contribution in [-0.2, 0) is 6.42 Å². The molecule has 0 radical (unpaired) electrons. The Morgan fingerprint density at radius 3 is 2.36 bits per heavy atom. The van der Waals surface area contributed by atoms with Crippen LogP contribution in [0.2, 0.25) is 0 Å². The minimum absolute atomic E-state index is 0.101. The van der Waals surface area contributed by atoms with Gasteiger partial charge in [0, 0.05) is 30.1 Å².